The van der Waals surface area contributed by atoms with Gasteiger partial charge >= 0.3 is 0 Å². The molecule has 5 aromatic carbocycles. The quantitative estimate of drug-likeness (QED) is 0.265. The molecule has 1 aliphatic rings. The molecule has 3 heteroatoms. The van der Waals surface area contributed by atoms with Crippen molar-refractivity contribution in [3.8, 4) is 33.8 Å². The van der Waals surface area contributed by atoms with Gasteiger partial charge in [-0.1, -0.05) is 97.1 Å². The molecule has 0 bridgehead atoms. The Morgan fingerprint density at radius 2 is 1.24 bits per heavy atom. The Morgan fingerprint density at radius 1 is 0.649 bits per heavy atom. The zero-order chi connectivity index (χ0) is 25.4. The number of fused-ring (bicyclic) bond motifs is 3. The first kappa shape index (κ1) is 23.1. The van der Waals surface area contributed by atoms with Crippen molar-refractivity contribution in [3.05, 3.63) is 143 Å². The van der Waals surface area contributed by atoms with E-state index in [0.29, 0.717) is 0 Å². The van der Waals surface area contributed by atoms with Crippen LogP contribution in [0, 0.1) is 6.92 Å². The number of rotatable bonds is 6. The average molecular weight is 485 g/mol. The lowest BCUT2D eigenvalue weighted by atomic mass is 9.67. The van der Waals surface area contributed by atoms with Gasteiger partial charge in [0, 0.05) is 5.56 Å². The summed E-state index contributed by atoms with van der Waals surface area (Å²) in [6.45, 7) is 2.28. The number of hydrogen-bond donors (Lipinski definition) is 2. The first-order chi connectivity index (χ1) is 18.1. The molecule has 0 radical (unpaired) electrons. The monoisotopic (exact) mass is 484 g/mol. The molecule has 0 aliphatic heterocycles. The summed E-state index contributed by atoms with van der Waals surface area (Å²) in [6, 6.07) is 39.6. The third-order valence-corrected chi connectivity index (χ3v) is 7.42. The van der Waals surface area contributed by atoms with Gasteiger partial charge in [0.25, 0.3) is 0 Å². The van der Waals surface area contributed by atoms with Crippen LogP contribution in [0.1, 0.15) is 27.8 Å². The van der Waals surface area contributed by atoms with E-state index >= 15 is 0 Å². The number of ether oxygens (including phenoxy) is 1. The zero-order valence-corrected chi connectivity index (χ0v) is 20.7. The van der Waals surface area contributed by atoms with Crippen molar-refractivity contribution >= 4 is 0 Å². The fourth-order valence-electron chi connectivity index (χ4n) is 5.84. The van der Waals surface area contributed by atoms with Crippen LogP contribution < -0.4 is 4.74 Å². The molecule has 37 heavy (non-hydrogen) atoms. The Kier molecular flexibility index (Phi) is 5.78. The first-order valence-corrected chi connectivity index (χ1v) is 12.6. The lowest BCUT2D eigenvalue weighted by Crippen LogP contribution is -2.28. The van der Waals surface area contributed by atoms with Gasteiger partial charge < -0.3 is 14.9 Å². The fraction of sp³-hybridized carbons (Fsp3) is 0.118. The molecule has 5 aromatic rings. The second kappa shape index (κ2) is 9.27. The zero-order valence-electron chi connectivity index (χ0n) is 20.7. The Bertz CT molecular complexity index is 1540. The molecule has 6 rings (SSSR count). The van der Waals surface area contributed by atoms with Crippen molar-refractivity contribution in [2.75, 3.05) is 13.2 Å². The van der Waals surface area contributed by atoms with Gasteiger partial charge in [0.05, 0.1) is 12.0 Å². The van der Waals surface area contributed by atoms with Gasteiger partial charge in [-0.25, -0.2) is 0 Å². The lowest BCUT2D eigenvalue weighted by Gasteiger charge is -2.34. The minimum Gasteiger partial charge on any atom is -0.507 e. The van der Waals surface area contributed by atoms with Gasteiger partial charge in [-0.05, 0) is 69.6 Å². The van der Waals surface area contributed by atoms with Crippen LogP contribution in [0.3, 0.4) is 0 Å². The highest BCUT2D eigenvalue weighted by atomic mass is 16.5. The van der Waals surface area contributed by atoms with Crippen molar-refractivity contribution in [1.82, 2.24) is 0 Å². The Balaban J connectivity index is 1.67. The van der Waals surface area contributed by atoms with E-state index in [0.717, 1.165) is 33.6 Å². The highest BCUT2D eigenvalue weighted by Gasteiger charge is 2.46. The summed E-state index contributed by atoms with van der Waals surface area (Å²) < 4.78 is 5.79. The highest BCUT2D eigenvalue weighted by Crippen LogP contribution is 2.57. The maximum absolute atomic E-state index is 10.9. The highest BCUT2D eigenvalue weighted by molar-refractivity contribution is 5.87. The summed E-state index contributed by atoms with van der Waals surface area (Å²) >= 11 is 0. The molecule has 3 nitrogen and oxygen atoms in total. The maximum atomic E-state index is 10.9. The molecule has 0 saturated heterocycles. The van der Waals surface area contributed by atoms with Crippen LogP contribution in [0.25, 0.3) is 22.3 Å². The number of hydrogen-bond acceptors (Lipinski definition) is 3. The van der Waals surface area contributed by atoms with E-state index in [1.54, 1.807) is 0 Å². The molecular weight excluding hydrogens is 456 g/mol. The van der Waals surface area contributed by atoms with Gasteiger partial charge in [0.2, 0.25) is 0 Å². The summed E-state index contributed by atoms with van der Waals surface area (Å²) in [5.41, 5.74) is 9.28. The number of phenolic OH excluding ortho intramolecular Hbond substituents is 1. The van der Waals surface area contributed by atoms with Gasteiger partial charge in [0.15, 0.2) is 0 Å². The van der Waals surface area contributed by atoms with Crippen LogP contribution in [0.2, 0.25) is 0 Å². The van der Waals surface area contributed by atoms with Crippen molar-refractivity contribution in [2.45, 2.75) is 12.3 Å². The summed E-state index contributed by atoms with van der Waals surface area (Å²) in [4.78, 5) is 0. The average Bonchev–Trinajstić information content (AvgIpc) is 3.24. The second-order valence-electron chi connectivity index (χ2n) is 9.49. The number of benzene rings is 5. The number of aliphatic hydroxyl groups excluding tert-OH is 1. The van der Waals surface area contributed by atoms with Crippen molar-refractivity contribution in [3.63, 3.8) is 0 Å². The van der Waals surface area contributed by atoms with E-state index in [-0.39, 0.29) is 19.0 Å². The van der Waals surface area contributed by atoms with E-state index in [9.17, 15) is 10.2 Å². The predicted octanol–water partition coefficient (Wildman–Crippen LogP) is 7.10. The van der Waals surface area contributed by atoms with Crippen molar-refractivity contribution in [2.24, 2.45) is 0 Å². The Hall–Kier alpha value is -4.34. The molecule has 182 valence electrons. The van der Waals surface area contributed by atoms with Crippen LogP contribution in [0.4, 0.5) is 0 Å². The number of aryl methyl sites for hydroxylation is 1. The third kappa shape index (κ3) is 3.62. The molecule has 1 aliphatic carbocycles. The van der Waals surface area contributed by atoms with Crippen LogP contribution in [0.5, 0.6) is 11.5 Å². The summed E-state index contributed by atoms with van der Waals surface area (Å²) in [5, 5.41) is 20.2. The van der Waals surface area contributed by atoms with Crippen LogP contribution >= 0.6 is 0 Å². The van der Waals surface area contributed by atoms with E-state index < -0.39 is 5.41 Å². The van der Waals surface area contributed by atoms with E-state index in [2.05, 4.69) is 66.7 Å². The molecule has 0 saturated carbocycles. The molecule has 0 amide bonds. The maximum Gasteiger partial charge on any atom is 0.123 e. The first-order valence-electron chi connectivity index (χ1n) is 12.6. The molecule has 0 heterocycles. The standard InChI is InChI=1S/C34H28O3/c1-23-21-25(16-18-33(23)37-20-19-35)34(26-15-17-32(36)29(22-26)24-9-3-2-4-10-24)30-13-7-5-11-27(30)28-12-6-8-14-31(28)34/h2-18,21-22,35-36H,19-20H2,1H3. The lowest BCUT2D eigenvalue weighted by molar-refractivity contribution is 0.200. The largest absolute Gasteiger partial charge is 0.507 e. The molecule has 0 atom stereocenters. The molecule has 2 N–H and O–H groups in total. The number of phenols is 1. The van der Waals surface area contributed by atoms with Gasteiger partial charge in [-0.15, -0.1) is 0 Å². The van der Waals surface area contributed by atoms with Crippen molar-refractivity contribution < 1.29 is 14.9 Å². The van der Waals surface area contributed by atoms with Gasteiger partial charge in [0.1, 0.15) is 18.1 Å². The summed E-state index contributed by atoms with van der Waals surface area (Å²) in [7, 11) is 0. The molecule has 0 aromatic heterocycles. The minimum absolute atomic E-state index is 0.0261. The van der Waals surface area contributed by atoms with Crippen LogP contribution in [0.15, 0.2) is 115 Å². The number of aromatic hydroxyl groups is 1. The smallest absolute Gasteiger partial charge is 0.123 e. The fourth-order valence-corrected chi connectivity index (χ4v) is 5.84. The van der Waals surface area contributed by atoms with Crippen molar-refractivity contribution in [1.29, 1.82) is 0 Å². The number of aliphatic hydroxyl groups is 1. The van der Waals surface area contributed by atoms with Gasteiger partial charge in [-0.3, -0.25) is 0 Å². The Labute approximate surface area is 217 Å². The normalized spacial score (nSPS) is 13.1. The second-order valence-corrected chi connectivity index (χ2v) is 9.49. The van der Waals surface area contributed by atoms with Gasteiger partial charge in [-0.2, -0.15) is 0 Å². The van der Waals surface area contributed by atoms with E-state index in [4.69, 9.17) is 4.74 Å². The molecular formula is C34H28O3. The SMILES string of the molecule is Cc1cc(C2(c3ccc(O)c(-c4ccccc4)c3)c3ccccc3-c3ccccc32)ccc1OCCO. The predicted molar refractivity (Wildman–Crippen MR) is 148 cm³/mol. The third-order valence-electron chi connectivity index (χ3n) is 7.42. The summed E-state index contributed by atoms with van der Waals surface area (Å²) in [5.74, 6) is 1.02. The Morgan fingerprint density at radius 3 is 1.89 bits per heavy atom. The minimum atomic E-state index is -0.579. The topological polar surface area (TPSA) is 49.7 Å². The summed E-state index contributed by atoms with van der Waals surface area (Å²) in [6.07, 6.45) is 0. The molecule has 0 fully saturated rings. The molecule has 0 unspecified atom stereocenters. The van der Waals surface area contributed by atoms with E-state index in [1.165, 1.54) is 22.3 Å². The van der Waals surface area contributed by atoms with Crippen LogP contribution in [-0.4, -0.2) is 23.4 Å². The van der Waals surface area contributed by atoms with Crippen LogP contribution in [-0.2, 0) is 5.41 Å². The van der Waals surface area contributed by atoms with E-state index in [1.807, 2.05) is 55.5 Å². The molecule has 0 spiro atoms.